The van der Waals surface area contributed by atoms with Crippen LogP contribution in [0.5, 0.6) is 0 Å². The van der Waals surface area contributed by atoms with Gasteiger partial charge in [-0.3, -0.25) is 0 Å². The van der Waals surface area contributed by atoms with E-state index in [0.29, 0.717) is 31.0 Å². The van der Waals surface area contributed by atoms with Crippen molar-refractivity contribution in [3.8, 4) is 0 Å². The Balaban J connectivity index is 1.97. The Bertz CT molecular complexity index is 1060. The normalized spacial score (nSPS) is 35.2. The molecular weight excluding hydrogens is 641 g/mol. The highest BCUT2D eigenvalue weighted by Gasteiger charge is 2.64. The molecule has 0 aliphatic heterocycles. The zero-order valence-electron chi connectivity index (χ0n) is 34.5. The summed E-state index contributed by atoms with van der Waals surface area (Å²) in [5, 5.41) is 13.0. The molecule has 3 rings (SSSR count). The van der Waals surface area contributed by atoms with Gasteiger partial charge in [-0.2, -0.15) is 0 Å². The first-order chi connectivity index (χ1) is 22.6. The summed E-state index contributed by atoms with van der Waals surface area (Å²) in [5.74, 6) is 1.96. The lowest BCUT2D eigenvalue weighted by Crippen LogP contribution is -2.62. The molecule has 0 aromatic heterocycles. The summed E-state index contributed by atoms with van der Waals surface area (Å²) in [6, 6.07) is 0. The van der Waals surface area contributed by atoms with E-state index in [1.54, 1.807) is 0 Å². The molecule has 3 fully saturated rings. The standard InChI is InChI=1S/C42H80O5Si2/c1-16-25-44-27-18-19-31(3)34-20-21-35-38(43)36(30-37(42(34,35)11)47-49(14,15)40(7,8)9)41(10)24-22-33(46-48(12,13)39(4,5)6)29-32(41)23-28-45-26-17-2/h16-17,31-38,43H,1-2,18-30H2,3-15H3/t31-,32-,33-,34-,35+,36+,37+,38+,41+,42-/m1/s1. The van der Waals surface area contributed by atoms with Gasteiger partial charge in [-0.25, -0.2) is 0 Å². The van der Waals surface area contributed by atoms with Crippen LogP contribution in [0.2, 0.25) is 36.3 Å². The predicted molar refractivity (Wildman–Crippen MR) is 213 cm³/mol. The highest BCUT2D eigenvalue weighted by atomic mass is 28.4. The van der Waals surface area contributed by atoms with Gasteiger partial charge in [0.25, 0.3) is 0 Å². The van der Waals surface area contributed by atoms with Crippen LogP contribution in [-0.2, 0) is 18.3 Å². The van der Waals surface area contributed by atoms with Gasteiger partial charge in [0.2, 0.25) is 0 Å². The van der Waals surface area contributed by atoms with E-state index in [1.807, 2.05) is 12.2 Å². The van der Waals surface area contributed by atoms with E-state index < -0.39 is 16.6 Å². The van der Waals surface area contributed by atoms with Crippen LogP contribution in [0.1, 0.15) is 120 Å². The number of ether oxygens (including phenoxy) is 2. The lowest BCUT2D eigenvalue weighted by molar-refractivity contribution is -0.176. The predicted octanol–water partition coefficient (Wildman–Crippen LogP) is 11.2. The molecule has 49 heavy (non-hydrogen) atoms. The molecule has 0 bridgehead atoms. The van der Waals surface area contributed by atoms with Gasteiger partial charge in [0, 0.05) is 24.7 Å². The van der Waals surface area contributed by atoms with E-state index in [1.165, 1.54) is 6.42 Å². The third-order valence-electron chi connectivity index (χ3n) is 14.9. The van der Waals surface area contributed by atoms with Gasteiger partial charge in [0.1, 0.15) is 0 Å². The van der Waals surface area contributed by atoms with Gasteiger partial charge in [-0.05, 0) is 129 Å². The molecule has 3 saturated carbocycles. The first-order valence-corrected chi connectivity index (χ1v) is 25.8. The fourth-order valence-corrected chi connectivity index (χ4v) is 12.5. The van der Waals surface area contributed by atoms with Crippen molar-refractivity contribution in [2.45, 2.75) is 175 Å². The van der Waals surface area contributed by atoms with Crippen LogP contribution in [0.15, 0.2) is 25.3 Å². The Kier molecular flexibility index (Phi) is 14.8. The summed E-state index contributed by atoms with van der Waals surface area (Å²) < 4.78 is 26.5. The van der Waals surface area contributed by atoms with Gasteiger partial charge >= 0.3 is 0 Å². The second kappa shape index (κ2) is 16.8. The summed E-state index contributed by atoms with van der Waals surface area (Å²) in [6.07, 6.45) is 13.4. The molecule has 1 N–H and O–H groups in total. The monoisotopic (exact) mass is 721 g/mol. The molecule has 3 aliphatic carbocycles. The molecule has 0 amide bonds. The number of aliphatic hydroxyl groups is 1. The second-order valence-corrected chi connectivity index (χ2v) is 29.5. The molecule has 0 spiro atoms. The van der Waals surface area contributed by atoms with Gasteiger partial charge in [0.15, 0.2) is 16.6 Å². The van der Waals surface area contributed by atoms with Crippen LogP contribution in [0.25, 0.3) is 0 Å². The van der Waals surface area contributed by atoms with E-state index in [9.17, 15) is 5.11 Å². The average Bonchev–Trinajstić information content (AvgIpc) is 3.35. The molecule has 0 unspecified atom stereocenters. The van der Waals surface area contributed by atoms with Crippen LogP contribution in [-0.4, -0.2) is 66.5 Å². The van der Waals surface area contributed by atoms with Gasteiger partial charge in [0.05, 0.1) is 25.4 Å². The second-order valence-electron chi connectivity index (χ2n) is 20.0. The fourth-order valence-electron chi connectivity index (χ4n) is 9.73. The Morgan fingerprint density at radius 1 is 0.816 bits per heavy atom. The lowest BCUT2D eigenvalue weighted by Gasteiger charge is -2.60. The minimum atomic E-state index is -2.09. The zero-order chi connectivity index (χ0) is 37.1. The van der Waals surface area contributed by atoms with Crippen molar-refractivity contribution >= 4 is 16.6 Å². The van der Waals surface area contributed by atoms with Gasteiger partial charge < -0.3 is 23.4 Å². The Hall–Kier alpha value is -0.286. The molecule has 5 nitrogen and oxygen atoms in total. The molecule has 3 aliphatic rings. The Labute approximate surface area is 306 Å². The zero-order valence-corrected chi connectivity index (χ0v) is 36.5. The maximum Gasteiger partial charge on any atom is 0.192 e. The van der Waals surface area contributed by atoms with Crippen LogP contribution in [0, 0.1) is 40.4 Å². The summed E-state index contributed by atoms with van der Waals surface area (Å²) in [7, 11) is -3.99. The number of rotatable bonds is 17. The SMILES string of the molecule is C=CCOCCC[C@@H](C)[C@H]1CC[C@H]2[C@H](O)[C@@H]([C@@]3(C)CC[C@@H](O[Si](C)(C)C(C)(C)C)C[C@H]3CCOCC=C)C[C@H](O[Si](C)(C)C(C)(C)C)[C@]12C. The maximum absolute atomic E-state index is 12.7. The summed E-state index contributed by atoms with van der Waals surface area (Å²) in [6.45, 7) is 41.7. The highest BCUT2D eigenvalue weighted by molar-refractivity contribution is 6.74. The Morgan fingerprint density at radius 3 is 1.96 bits per heavy atom. The molecule has 0 radical (unpaired) electrons. The number of hydrogen-bond donors (Lipinski definition) is 1. The molecule has 0 heterocycles. The number of aliphatic hydroxyl groups excluding tert-OH is 1. The molecule has 0 saturated heterocycles. The van der Waals surface area contributed by atoms with Crippen LogP contribution < -0.4 is 0 Å². The fraction of sp³-hybridized carbons (Fsp3) is 0.905. The Morgan fingerprint density at radius 2 is 1.39 bits per heavy atom. The first kappa shape index (κ1) is 43.1. The van der Waals surface area contributed by atoms with E-state index in [2.05, 4.69) is 102 Å². The molecular formula is C42H80O5Si2. The van der Waals surface area contributed by atoms with Crippen molar-refractivity contribution in [3.63, 3.8) is 0 Å². The third kappa shape index (κ3) is 9.64. The van der Waals surface area contributed by atoms with E-state index in [0.717, 1.165) is 64.6 Å². The van der Waals surface area contributed by atoms with Crippen molar-refractivity contribution in [3.05, 3.63) is 25.3 Å². The smallest absolute Gasteiger partial charge is 0.192 e. The van der Waals surface area contributed by atoms with Crippen molar-refractivity contribution in [1.29, 1.82) is 0 Å². The lowest BCUT2D eigenvalue weighted by atomic mass is 9.49. The van der Waals surface area contributed by atoms with Gasteiger partial charge in [-0.15, -0.1) is 13.2 Å². The quantitative estimate of drug-likeness (QED) is 0.0921. The summed E-state index contributed by atoms with van der Waals surface area (Å²) in [5.41, 5.74) is -0.0544. The topological polar surface area (TPSA) is 57.2 Å². The minimum Gasteiger partial charge on any atom is -0.414 e. The third-order valence-corrected chi connectivity index (χ3v) is 24.0. The number of hydrogen-bond acceptors (Lipinski definition) is 5. The van der Waals surface area contributed by atoms with Crippen molar-refractivity contribution < 1.29 is 23.4 Å². The first-order valence-electron chi connectivity index (χ1n) is 20.0. The van der Waals surface area contributed by atoms with E-state index in [4.69, 9.17) is 18.3 Å². The van der Waals surface area contributed by atoms with Gasteiger partial charge in [-0.1, -0.05) is 74.5 Å². The van der Waals surface area contributed by atoms with E-state index >= 15 is 0 Å². The maximum atomic E-state index is 12.7. The highest BCUT2D eigenvalue weighted by Crippen LogP contribution is 2.65. The van der Waals surface area contributed by atoms with Crippen molar-refractivity contribution in [2.24, 2.45) is 40.4 Å². The molecule has 7 heteroatoms. The molecule has 10 atom stereocenters. The average molecular weight is 721 g/mol. The molecule has 0 aromatic carbocycles. The van der Waals surface area contributed by atoms with Crippen LogP contribution >= 0.6 is 0 Å². The minimum absolute atomic E-state index is 0.00713. The van der Waals surface area contributed by atoms with Crippen LogP contribution in [0.3, 0.4) is 0 Å². The summed E-state index contributed by atoms with van der Waals surface area (Å²) >= 11 is 0. The van der Waals surface area contributed by atoms with Crippen LogP contribution in [0.4, 0.5) is 0 Å². The number of fused-ring (bicyclic) bond motifs is 1. The van der Waals surface area contributed by atoms with Crippen molar-refractivity contribution in [2.75, 3.05) is 26.4 Å². The largest absolute Gasteiger partial charge is 0.414 e. The van der Waals surface area contributed by atoms with Crippen molar-refractivity contribution in [1.82, 2.24) is 0 Å². The molecule has 286 valence electrons. The molecule has 0 aromatic rings. The summed E-state index contributed by atoms with van der Waals surface area (Å²) in [4.78, 5) is 0. The van der Waals surface area contributed by atoms with E-state index in [-0.39, 0.29) is 51.1 Å².